The molecule has 1 unspecified atom stereocenters. The first-order valence-corrected chi connectivity index (χ1v) is 10.8. The van der Waals surface area contributed by atoms with E-state index in [2.05, 4.69) is 22.5 Å². The van der Waals surface area contributed by atoms with Crippen molar-refractivity contribution in [2.24, 2.45) is 5.92 Å². The summed E-state index contributed by atoms with van der Waals surface area (Å²) in [5.41, 5.74) is 3.86. The number of hydrogen-bond acceptors (Lipinski definition) is 4. The van der Waals surface area contributed by atoms with E-state index in [-0.39, 0.29) is 25.0 Å². The fraction of sp³-hybridized carbons (Fsp3) is 0.320. The number of benzene rings is 2. The summed E-state index contributed by atoms with van der Waals surface area (Å²) < 4.78 is 7.20. The summed E-state index contributed by atoms with van der Waals surface area (Å²) >= 11 is 0. The van der Waals surface area contributed by atoms with Crippen LogP contribution in [0.2, 0.25) is 0 Å². The number of carbonyl (C=O) groups is 2. The number of rotatable bonds is 7. The van der Waals surface area contributed by atoms with Gasteiger partial charge in [-0.05, 0) is 54.0 Å². The van der Waals surface area contributed by atoms with Gasteiger partial charge in [-0.3, -0.25) is 4.68 Å². The molecule has 2 aliphatic carbocycles. The highest BCUT2D eigenvalue weighted by atomic mass is 16.5. The second-order valence-corrected chi connectivity index (χ2v) is 8.66. The van der Waals surface area contributed by atoms with Gasteiger partial charge in [-0.25, -0.2) is 9.59 Å². The number of hydrogen-bond donors (Lipinski definition) is 2. The minimum Gasteiger partial charge on any atom is -0.479 e. The van der Waals surface area contributed by atoms with Crippen LogP contribution in [0.25, 0.3) is 11.1 Å². The van der Waals surface area contributed by atoms with Gasteiger partial charge in [0.05, 0.1) is 12.2 Å². The van der Waals surface area contributed by atoms with Gasteiger partial charge in [0.1, 0.15) is 6.61 Å². The summed E-state index contributed by atoms with van der Waals surface area (Å²) in [6.07, 6.45) is 2.51. The van der Waals surface area contributed by atoms with Crippen LogP contribution in [0.5, 0.6) is 0 Å². The summed E-state index contributed by atoms with van der Waals surface area (Å²) in [6, 6.07) is 18.0. The van der Waals surface area contributed by atoms with Gasteiger partial charge in [-0.1, -0.05) is 48.5 Å². The minimum absolute atomic E-state index is 0.0606. The third kappa shape index (κ3) is 3.53. The molecule has 7 heteroatoms. The van der Waals surface area contributed by atoms with Crippen molar-refractivity contribution in [2.45, 2.75) is 37.8 Å². The molecule has 1 saturated carbocycles. The molecular weight excluding hydrogens is 406 g/mol. The third-order valence-corrected chi connectivity index (χ3v) is 6.51. The van der Waals surface area contributed by atoms with Gasteiger partial charge in [0.15, 0.2) is 5.54 Å². The SMILES string of the molecule is Cc1ccn(CC(NC(=O)OCC2c3ccccc3-c3ccccc32)(C(=O)O)C2CC2)n1. The lowest BCUT2D eigenvalue weighted by Gasteiger charge is -2.30. The number of carboxylic acids is 1. The van der Waals surface area contributed by atoms with Crippen LogP contribution in [0.3, 0.4) is 0 Å². The highest BCUT2D eigenvalue weighted by Gasteiger charge is 2.53. The molecule has 32 heavy (non-hydrogen) atoms. The monoisotopic (exact) mass is 431 g/mol. The molecule has 1 atom stereocenters. The van der Waals surface area contributed by atoms with Crippen LogP contribution < -0.4 is 5.32 Å². The fourth-order valence-electron chi connectivity index (χ4n) is 4.77. The molecule has 0 spiro atoms. The molecule has 3 aromatic rings. The van der Waals surface area contributed by atoms with Gasteiger partial charge in [0.2, 0.25) is 0 Å². The predicted molar refractivity (Wildman–Crippen MR) is 118 cm³/mol. The van der Waals surface area contributed by atoms with Crippen molar-refractivity contribution in [1.82, 2.24) is 15.1 Å². The molecule has 0 saturated heterocycles. The van der Waals surface area contributed by atoms with Crippen molar-refractivity contribution in [3.05, 3.63) is 77.6 Å². The minimum atomic E-state index is -1.44. The standard InChI is InChI=1S/C25H25N3O4/c1-16-12-13-28(27-16)15-25(23(29)30,17-10-11-17)26-24(31)32-14-22-20-8-4-2-6-18(20)19-7-3-5-9-21(19)22/h2-9,12-13,17,22H,10-11,14-15H2,1H3,(H,26,31)(H,29,30). The van der Waals surface area contributed by atoms with Crippen LogP contribution in [-0.2, 0) is 16.1 Å². The molecule has 2 N–H and O–H groups in total. The topological polar surface area (TPSA) is 93.5 Å². The lowest BCUT2D eigenvalue weighted by molar-refractivity contribution is -0.146. The van der Waals surface area contributed by atoms with Crippen molar-refractivity contribution >= 4 is 12.1 Å². The van der Waals surface area contributed by atoms with E-state index in [0.717, 1.165) is 40.8 Å². The number of carbonyl (C=O) groups excluding carboxylic acids is 1. The molecule has 2 aromatic carbocycles. The Morgan fingerprint density at radius 2 is 1.72 bits per heavy atom. The first-order chi connectivity index (χ1) is 15.5. The number of aryl methyl sites for hydroxylation is 1. The zero-order valence-corrected chi connectivity index (χ0v) is 17.8. The van der Waals surface area contributed by atoms with E-state index in [4.69, 9.17) is 4.74 Å². The fourth-order valence-corrected chi connectivity index (χ4v) is 4.77. The van der Waals surface area contributed by atoms with E-state index in [0.29, 0.717) is 0 Å². The summed E-state index contributed by atoms with van der Waals surface area (Å²) in [6.45, 7) is 2.04. The number of ether oxygens (including phenoxy) is 1. The Morgan fingerprint density at radius 3 is 2.25 bits per heavy atom. The van der Waals surface area contributed by atoms with Crippen LogP contribution in [0.4, 0.5) is 4.79 Å². The molecule has 1 amide bonds. The lowest BCUT2D eigenvalue weighted by Crippen LogP contribution is -2.59. The zero-order valence-electron chi connectivity index (χ0n) is 17.8. The van der Waals surface area contributed by atoms with Gasteiger partial charge < -0.3 is 15.2 Å². The van der Waals surface area contributed by atoms with E-state index in [1.807, 2.05) is 49.4 Å². The smallest absolute Gasteiger partial charge is 0.408 e. The molecule has 1 aromatic heterocycles. The predicted octanol–water partition coefficient (Wildman–Crippen LogP) is 3.96. The van der Waals surface area contributed by atoms with E-state index >= 15 is 0 Å². The number of nitrogens with zero attached hydrogens (tertiary/aromatic N) is 2. The maximum Gasteiger partial charge on any atom is 0.408 e. The molecular formula is C25H25N3O4. The number of aromatic nitrogens is 2. The molecule has 0 radical (unpaired) electrons. The van der Waals surface area contributed by atoms with Gasteiger partial charge in [-0.2, -0.15) is 5.10 Å². The number of nitrogens with one attached hydrogen (secondary N) is 1. The van der Waals surface area contributed by atoms with E-state index in [9.17, 15) is 14.7 Å². The summed E-state index contributed by atoms with van der Waals surface area (Å²) in [4.78, 5) is 25.2. The quantitative estimate of drug-likeness (QED) is 0.591. The Hall–Kier alpha value is -3.61. The van der Waals surface area contributed by atoms with Crippen molar-refractivity contribution < 1.29 is 19.4 Å². The first kappa shape index (κ1) is 20.3. The average molecular weight is 431 g/mol. The lowest BCUT2D eigenvalue weighted by atomic mass is 9.93. The van der Waals surface area contributed by atoms with Crippen LogP contribution in [0.15, 0.2) is 60.8 Å². The van der Waals surface area contributed by atoms with Gasteiger partial charge in [0.25, 0.3) is 0 Å². The van der Waals surface area contributed by atoms with Crippen LogP contribution >= 0.6 is 0 Å². The maximum atomic E-state index is 12.8. The number of alkyl carbamates (subject to hydrolysis) is 1. The average Bonchev–Trinajstić information content (AvgIpc) is 3.49. The van der Waals surface area contributed by atoms with Crippen molar-refractivity contribution in [3.8, 4) is 11.1 Å². The van der Waals surface area contributed by atoms with Crippen LogP contribution in [0, 0.1) is 12.8 Å². The maximum absolute atomic E-state index is 12.8. The molecule has 0 bridgehead atoms. The van der Waals surface area contributed by atoms with Crippen molar-refractivity contribution in [3.63, 3.8) is 0 Å². The van der Waals surface area contributed by atoms with Crippen molar-refractivity contribution in [1.29, 1.82) is 0 Å². The normalized spacial score (nSPS) is 16.7. The molecule has 5 rings (SSSR count). The third-order valence-electron chi connectivity index (χ3n) is 6.51. The second kappa shape index (κ2) is 7.82. The number of carboxylic acid groups (broad SMARTS) is 1. The number of amides is 1. The van der Waals surface area contributed by atoms with Crippen molar-refractivity contribution in [2.75, 3.05) is 6.61 Å². The van der Waals surface area contributed by atoms with Gasteiger partial charge in [0, 0.05) is 12.1 Å². The van der Waals surface area contributed by atoms with Crippen LogP contribution in [0.1, 0.15) is 35.6 Å². The Bertz CT molecular complexity index is 1140. The Kier molecular flexibility index (Phi) is 4.96. The van der Waals surface area contributed by atoms with E-state index in [1.54, 1.807) is 10.9 Å². The summed E-state index contributed by atoms with van der Waals surface area (Å²) in [5.74, 6) is -1.30. The largest absolute Gasteiger partial charge is 0.479 e. The highest BCUT2D eigenvalue weighted by Crippen LogP contribution is 2.45. The molecule has 0 aliphatic heterocycles. The highest BCUT2D eigenvalue weighted by molar-refractivity contribution is 5.85. The Labute approximate surface area is 186 Å². The number of aliphatic carboxylic acids is 1. The molecule has 1 heterocycles. The first-order valence-electron chi connectivity index (χ1n) is 10.8. The number of fused-ring (bicyclic) bond motifs is 3. The molecule has 1 fully saturated rings. The Balaban J connectivity index is 1.34. The summed E-state index contributed by atoms with van der Waals surface area (Å²) in [7, 11) is 0. The Morgan fingerprint density at radius 1 is 1.09 bits per heavy atom. The summed E-state index contributed by atoms with van der Waals surface area (Å²) in [5, 5.41) is 17.1. The molecule has 2 aliphatic rings. The molecule has 7 nitrogen and oxygen atoms in total. The zero-order chi connectivity index (χ0) is 22.3. The second-order valence-electron chi connectivity index (χ2n) is 8.66. The van der Waals surface area contributed by atoms with Gasteiger partial charge >= 0.3 is 12.1 Å². The van der Waals surface area contributed by atoms with E-state index < -0.39 is 17.6 Å². The van der Waals surface area contributed by atoms with E-state index in [1.165, 1.54) is 0 Å². The molecule has 164 valence electrons. The van der Waals surface area contributed by atoms with Gasteiger partial charge in [-0.15, -0.1) is 0 Å². The van der Waals surface area contributed by atoms with Crippen LogP contribution in [-0.4, -0.2) is 39.1 Å².